The molecule has 0 radical (unpaired) electrons. The van der Waals surface area contributed by atoms with E-state index in [4.69, 9.17) is 9.47 Å². The Morgan fingerprint density at radius 1 is 1.25 bits per heavy atom. The van der Waals surface area contributed by atoms with E-state index in [-0.39, 0.29) is 5.82 Å². The van der Waals surface area contributed by atoms with Gasteiger partial charge in [0.1, 0.15) is 0 Å². The topological polar surface area (TPSA) is 33.7 Å². The molecule has 1 N–H and O–H groups in total. The normalized spacial score (nSPS) is 11.1. The first-order chi connectivity index (χ1) is 9.63. The predicted molar refractivity (Wildman–Crippen MR) is 78.6 cm³/mol. The van der Waals surface area contributed by atoms with E-state index in [1.54, 1.807) is 13.2 Å². The van der Waals surface area contributed by atoms with Crippen LogP contribution in [0.2, 0.25) is 0 Å². The maximum Gasteiger partial charge on any atom is 0.165 e. The number of benzene rings is 1. The van der Waals surface area contributed by atoms with Gasteiger partial charge in [0.25, 0.3) is 0 Å². The van der Waals surface area contributed by atoms with Gasteiger partial charge in [-0.05, 0) is 38.2 Å². The Hall–Kier alpha value is -1.17. The monoisotopic (exact) mass is 284 g/mol. The van der Waals surface area contributed by atoms with E-state index < -0.39 is 0 Å². The molecule has 0 unspecified atom stereocenters. The van der Waals surface area contributed by atoms with Gasteiger partial charge in [0.15, 0.2) is 11.6 Å². The van der Waals surface area contributed by atoms with E-state index in [0.717, 1.165) is 25.1 Å². The highest BCUT2D eigenvalue weighted by atomic mass is 19.1. The molecule has 20 heavy (non-hydrogen) atoms. The van der Waals surface area contributed by atoms with Crippen molar-refractivity contribution < 1.29 is 13.9 Å². The second kappa shape index (κ2) is 9.69. The molecular weight excluding hydrogens is 259 g/mol. The molecule has 0 fully saturated rings. The zero-order valence-electron chi connectivity index (χ0n) is 12.6. The van der Waals surface area contributed by atoms with E-state index in [1.165, 1.54) is 6.07 Å². The standard InChI is InChI=1S/C15H25FN2O2/c1-18(2)8-4-9-20-15-6-5-13(11-14(15)16)12-17-7-10-19-3/h5-6,11,17H,4,7-10,12H2,1-3H3. The Balaban J connectivity index is 2.35. The van der Waals surface area contributed by atoms with Crippen molar-refractivity contribution >= 4 is 0 Å². The van der Waals surface area contributed by atoms with Crippen molar-refractivity contribution in [1.82, 2.24) is 10.2 Å². The first-order valence-corrected chi connectivity index (χ1v) is 6.89. The summed E-state index contributed by atoms with van der Waals surface area (Å²) >= 11 is 0. The van der Waals surface area contributed by atoms with Crippen LogP contribution in [-0.4, -0.2) is 52.4 Å². The van der Waals surface area contributed by atoms with E-state index >= 15 is 0 Å². The third-order valence-electron chi connectivity index (χ3n) is 2.82. The van der Waals surface area contributed by atoms with Gasteiger partial charge in [-0.3, -0.25) is 0 Å². The van der Waals surface area contributed by atoms with Crippen LogP contribution in [0.4, 0.5) is 4.39 Å². The highest BCUT2D eigenvalue weighted by Crippen LogP contribution is 2.18. The fraction of sp³-hybridized carbons (Fsp3) is 0.600. The Kier molecular flexibility index (Phi) is 8.18. The number of methoxy groups -OCH3 is 1. The minimum atomic E-state index is -0.305. The maximum absolute atomic E-state index is 13.8. The van der Waals surface area contributed by atoms with Gasteiger partial charge in [-0.2, -0.15) is 0 Å². The summed E-state index contributed by atoms with van der Waals surface area (Å²) < 4.78 is 24.2. The summed E-state index contributed by atoms with van der Waals surface area (Å²) in [6.07, 6.45) is 0.882. The van der Waals surface area contributed by atoms with Crippen LogP contribution in [0.15, 0.2) is 18.2 Å². The number of rotatable bonds is 10. The van der Waals surface area contributed by atoms with Crippen molar-refractivity contribution in [1.29, 1.82) is 0 Å². The SMILES string of the molecule is COCCNCc1ccc(OCCCN(C)C)c(F)c1. The second-order valence-electron chi connectivity index (χ2n) is 4.94. The smallest absolute Gasteiger partial charge is 0.165 e. The van der Waals surface area contributed by atoms with Gasteiger partial charge in [-0.15, -0.1) is 0 Å². The van der Waals surface area contributed by atoms with Crippen molar-refractivity contribution in [2.75, 3.05) is 47.5 Å². The Bertz CT molecular complexity index is 386. The minimum Gasteiger partial charge on any atom is -0.490 e. The fourth-order valence-corrected chi connectivity index (χ4v) is 1.74. The average Bonchev–Trinajstić information content (AvgIpc) is 2.41. The third kappa shape index (κ3) is 6.84. The van der Waals surface area contributed by atoms with Crippen LogP contribution in [-0.2, 0) is 11.3 Å². The Morgan fingerprint density at radius 2 is 2.05 bits per heavy atom. The summed E-state index contributed by atoms with van der Waals surface area (Å²) in [4.78, 5) is 2.08. The van der Waals surface area contributed by atoms with Gasteiger partial charge in [0.05, 0.1) is 13.2 Å². The molecule has 1 aromatic carbocycles. The minimum absolute atomic E-state index is 0.305. The quantitative estimate of drug-likeness (QED) is 0.665. The molecule has 0 saturated heterocycles. The van der Waals surface area contributed by atoms with Gasteiger partial charge >= 0.3 is 0 Å². The molecule has 0 aliphatic heterocycles. The largest absolute Gasteiger partial charge is 0.490 e. The molecule has 5 heteroatoms. The molecule has 0 spiro atoms. The lowest BCUT2D eigenvalue weighted by atomic mass is 10.2. The molecule has 0 aliphatic rings. The highest BCUT2D eigenvalue weighted by Gasteiger charge is 2.04. The first-order valence-electron chi connectivity index (χ1n) is 6.89. The average molecular weight is 284 g/mol. The van der Waals surface area contributed by atoms with E-state index in [9.17, 15) is 4.39 Å². The van der Waals surface area contributed by atoms with Crippen molar-refractivity contribution in [2.24, 2.45) is 0 Å². The van der Waals surface area contributed by atoms with Gasteiger partial charge in [0.2, 0.25) is 0 Å². The van der Waals surface area contributed by atoms with Crippen LogP contribution >= 0.6 is 0 Å². The van der Waals surface area contributed by atoms with Crippen LogP contribution < -0.4 is 10.1 Å². The van der Waals surface area contributed by atoms with Gasteiger partial charge in [-0.25, -0.2) is 4.39 Å². The van der Waals surface area contributed by atoms with Gasteiger partial charge in [-0.1, -0.05) is 6.07 Å². The highest BCUT2D eigenvalue weighted by molar-refractivity contribution is 5.29. The summed E-state index contributed by atoms with van der Waals surface area (Å²) in [5.41, 5.74) is 0.902. The molecule has 4 nitrogen and oxygen atoms in total. The molecule has 1 aromatic rings. The third-order valence-corrected chi connectivity index (χ3v) is 2.82. The van der Waals surface area contributed by atoms with Crippen molar-refractivity contribution in [3.63, 3.8) is 0 Å². The lowest BCUT2D eigenvalue weighted by Crippen LogP contribution is -2.18. The van der Waals surface area contributed by atoms with Crippen LogP contribution in [0.5, 0.6) is 5.75 Å². The number of nitrogens with zero attached hydrogens (tertiary/aromatic N) is 1. The molecule has 0 aromatic heterocycles. The van der Waals surface area contributed by atoms with Crippen LogP contribution in [0.25, 0.3) is 0 Å². The number of halogens is 1. The molecule has 0 amide bonds. The Morgan fingerprint density at radius 3 is 2.70 bits per heavy atom. The summed E-state index contributed by atoms with van der Waals surface area (Å²) in [6.45, 7) is 3.49. The molecule has 0 aliphatic carbocycles. The summed E-state index contributed by atoms with van der Waals surface area (Å²) in [5.74, 6) is 0.0188. The van der Waals surface area contributed by atoms with Gasteiger partial charge in [0, 0.05) is 26.7 Å². The van der Waals surface area contributed by atoms with Crippen LogP contribution in [0.1, 0.15) is 12.0 Å². The number of hydrogen-bond donors (Lipinski definition) is 1. The van der Waals surface area contributed by atoms with E-state index in [0.29, 0.717) is 25.5 Å². The zero-order valence-corrected chi connectivity index (χ0v) is 12.6. The predicted octanol–water partition coefficient (Wildman–Crippen LogP) is 1.89. The molecule has 0 atom stereocenters. The molecular formula is C15H25FN2O2. The summed E-state index contributed by atoms with van der Waals surface area (Å²) in [5, 5.41) is 3.18. The first kappa shape index (κ1) is 16.9. The fourth-order valence-electron chi connectivity index (χ4n) is 1.74. The second-order valence-corrected chi connectivity index (χ2v) is 4.94. The van der Waals surface area contributed by atoms with E-state index in [1.807, 2.05) is 20.2 Å². The van der Waals surface area contributed by atoms with Crippen LogP contribution in [0.3, 0.4) is 0 Å². The summed E-state index contributed by atoms with van der Waals surface area (Å²) in [6, 6.07) is 5.09. The van der Waals surface area contributed by atoms with E-state index in [2.05, 4.69) is 10.2 Å². The van der Waals surface area contributed by atoms with Crippen molar-refractivity contribution in [3.05, 3.63) is 29.6 Å². The molecule has 1 rings (SSSR count). The number of hydrogen-bond acceptors (Lipinski definition) is 4. The molecule has 0 bridgehead atoms. The lowest BCUT2D eigenvalue weighted by molar-refractivity contribution is 0.199. The van der Waals surface area contributed by atoms with Crippen LogP contribution in [0, 0.1) is 5.82 Å². The number of ether oxygens (including phenoxy) is 2. The zero-order chi connectivity index (χ0) is 14.8. The summed E-state index contributed by atoms with van der Waals surface area (Å²) in [7, 11) is 5.67. The maximum atomic E-state index is 13.8. The molecule has 0 saturated carbocycles. The Labute approximate surface area is 120 Å². The molecule has 0 heterocycles. The van der Waals surface area contributed by atoms with Crippen molar-refractivity contribution in [2.45, 2.75) is 13.0 Å². The van der Waals surface area contributed by atoms with Crippen molar-refractivity contribution in [3.8, 4) is 5.75 Å². The molecule has 114 valence electrons. The van der Waals surface area contributed by atoms with Gasteiger partial charge < -0.3 is 19.7 Å². The lowest BCUT2D eigenvalue weighted by Gasteiger charge is -2.11. The number of nitrogens with one attached hydrogen (secondary N) is 1.